The Hall–Kier alpha value is -3.22. The maximum absolute atomic E-state index is 13.3. The molecule has 3 aromatic rings. The molecule has 0 unspecified atom stereocenters. The van der Waals surface area contributed by atoms with Crippen LogP contribution in [0.4, 0.5) is 5.69 Å². The fourth-order valence-electron chi connectivity index (χ4n) is 3.63. The predicted octanol–water partition coefficient (Wildman–Crippen LogP) is 7.58. The van der Waals surface area contributed by atoms with Crippen LogP contribution in [0.5, 0.6) is 11.5 Å². The van der Waals surface area contributed by atoms with Gasteiger partial charge in [-0.05, 0) is 78.2 Å². The first kappa shape index (κ1) is 25.9. The summed E-state index contributed by atoms with van der Waals surface area (Å²) < 4.78 is 11.9. The van der Waals surface area contributed by atoms with E-state index in [0.717, 1.165) is 16.8 Å². The van der Waals surface area contributed by atoms with Crippen LogP contribution in [0, 0.1) is 5.92 Å². The van der Waals surface area contributed by atoms with Gasteiger partial charge < -0.3 is 9.47 Å². The van der Waals surface area contributed by atoms with Gasteiger partial charge in [-0.1, -0.05) is 61.8 Å². The van der Waals surface area contributed by atoms with Crippen LogP contribution >= 0.6 is 23.4 Å². The van der Waals surface area contributed by atoms with E-state index in [1.54, 1.807) is 17.0 Å². The van der Waals surface area contributed by atoms with Gasteiger partial charge in [0.15, 0.2) is 16.7 Å². The molecule has 36 heavy (non-hydrogen) atoms. The minimum Gasteiger partial charge on any atom is -0.490 e. The third kappa shape index (κ3) is 6.71. The van der Waals surface area contributed by atoms with E-state index in [2.05, 4.69) is 13.8 Å². The number of ether oxygens (including phenoxy) is 2. The van der Waals surface area contributed by atoms with Gasteiger partial charge in [-0.15, -0.1) is 0 Å². The summed E-state index contributed by atoms with van der Waals surface area (Å²) >= 11 is 7.39. The molecular formula is C29H29ClN2O3S. The van der Waals surface area contributed by atoms with Crippen molar-refractivity contribution in [3.05, 3.63) is 93.9 Å². The smallest absolute Gasteiger partial charge is 0.266 e. The first-order chi connectivity index (χ1) is 17.4. The highest BCUT2D eigenvalue weighted by Crippen LogP contribution is 2.36. The second-order valence-electron chi connectivity index (χ2n) is 8.70. The van der Waals surface area contributed by atoms with Crippen LogP contribution in [0.2, 0.25) is 5.02 Å². The number of amidine groups is 1. The van der Waals surface area contributed by atoms with Crippen molar-refractivity contribution in [3.63, 3.8) is 0 Å². The predicted molar refractivity (Wildman–Crippen MR) is 149 cm³/mol. The monoisotopic (exact) mass is 520 g/mol. The van der Waals surface area contributed by atoms with Gasteiger partial charge >= 0.3 is 0 Å². The molecule has 1 fully saturated rings. The molecule has 0 atom stereocenters. The third-order valence-electron chi connectivity index (χ3n) is 5.29. The molecule has 1 amide bonds. The first-order valence-corrected chi connectivity index (χ1v) is 13.1. The second kappa shape index (κ2) is 12.2. The number of rotatable bonds is 9. The average Bonchev–Trinajstić information content (AvgIpc) is 3.14. The first-order valence-electron chi connectivity index (χ1n) is 11.9. The zero-order chi connectivity index (χ0) is 25.5. The molecule has 0 N–H and O–H groups in total. The zero-order valence-corrected chi connectivity index (χ0v) is 22.2. The van der Waals surface area contributed by atoms with Crippen LogP contribution < -0.4 is 9.47 Å². The van der Waals surface area contributed by atoms with Gasteiger partial charge in [0.1, 0.15) is 6.61 Å². The molecule has 1 aliphatic heterocycles. The van der Waals surface area contributed by atoms with Crippen molar-refractivity contribution < 1.29 is 14.3 Å². The number of thioether (sulfide) groups is 1. The Morgan fingerprint density at radius 3 is 2.44 bits per heavy atom. The number of hydrogen-bond donors (Lipinski definition) is 0. The summed E-state index contributed by atoms with van der Waals surface area (Å²) in [5, 5.41) is 1.31. The van der Waals surface area contributed by atoms with Gasteiger partial charge in [0.05, 0.1) is 17.2 Å². The minimum atomic E-state index is -0.0521. The molecule has 186 valence electrons. The highest BCUT2D eigenvalue weighted by atomic mass is 35.5. The lowest BCUT2D eigenvalue weighted by Gasteiger charge is -2.17. The highest BCUT2D eigenvalue weighted by molar-refractivity contribution is 8.18. The molecule has 0 spiro atoms. The summed E-state index contributed by atoms with van der Waals surface area (Å²) in [5.74, 6) is 1.56. The van der Waals surface area contributed by atoms with Crippen molar-refractivity contribution in [2.45, 2.75) is 27.4 Å². The Morgan fingerprint density at radius 1 is 1.00 bits per heavy atom. The van der Waals surface area contributed by atoms with Crippen LogP contribution in [0.25, 0.3) is 6.08 Å². The summed E-state index contributed by atoms with van der Waals surface area (Å²) in [6.45, 7) is 7.65. The molecule has 5 nitrogen and oxygen atoms in total. The molecule has 0 aromatic heterocycles. The summed E-state index contributed by atoms with van der Waals surface area (Å²) in [7, 11) is 0. The van der Waals surface area contributed by atoms with E-state index in [1.165, 1.54) is 11.8 Å². The van der Waals surface area contributed by atoms with Crippen LogP contribution in [-0.2, 0) is 11.4 Å². The van der Waals surface area contributed by atoms with Crippen LogP contribution in [0.15, 0.2) is 82.7 Å². The molecule has 3 aromatic carbocycles. The van der Waals surface area contributed by atoms with E-state index < -0.39 is 0 Å². The summed E-state index contributed by atoms with van der Waals surface area (Å²) in [6.07, 6.45) is 1.88. The fraction of sp³-hybridized carbons (Fsp3) is 0.241. The van der Waals surface area contributed by atoms with E-state index in [0.29, 0.717) is 52.3 Å². The van der Waals surface area contributed by atoms with E-state index in [1.807, 2.05) is 73.7 Å². The number of carbonyl (C=O) groups is 1. The lowest BCUT2D eigenvalue weighted by Crippen LogP contribution is -2.32. The Morgan fingerprint density at radius 2 is 1.75 bits per heavy atom. The molecule has 1 aliphatic rings. The minimum absolute atomic E-state index is 0.0521. The largest absolute Gasteiger partial charge is 0.490 e. The van der Waals surface area contributed by atoms with Crippen molar-refractivity contribution >= 4 is 46.2 Å². The average molecular weight is 521 g/mol. The molecule has 0 aliphatic carbocycles. The summed E-state index contributed by atoms with van der Waals surface area (Å²) in [6, 6.07) is 23.0. The molecule has 0 radical (unpaired) electrons. The van der Waals surface area contributed by atoms with E-state index >= 15 is 0 Å². The van der Waals surface area contributed by atoms with E-state index in [4.69, 9.17) is 26.1 Å². The Balaban J connectivity index is 1.59. The Labute approximate surface area is 221 Å². The molecule has 1 saturated heterocycles. The van der Waals surface area contributed by atoms with Gasteiger partial charge in [0, 0.05) is 11.6 Å². The van der Waals surface area contributed by atoms with Crippen molar-refractivity contribution in [3.8, 4) is 11.5 Å². The second-order valence-corrected chi connectivity index (χ2v) is 10.2. The third-order valence-corrected chi connectivity index (χ3v) is 6.55. The number of benzene rings is 3. The quantitative estimate of drug-likeness (QED) is 0.273. The lowest BCUT2D eigenvalue weighted by atomic mass is 10.1. The molecule has 1 heterocycles. The number of hydrogen-bond acceptors (Lipinski definition) is 5. The zero-order valence-electron chi connectivity index (χ0n) is 20.6. The van der Waals surface area contributed by atoms with Crippen LogP contribution in [0.1, 0.15) is 31.9 Å². The highest BCUT2D eigenvalue weighted by Gasteiger charge is 2.33. The van der Waals surface area contributed by atoms with Crippen LogP contribution in [-0.4, -0.2) is 29.1 Å². The van der Waals surface area contributed by atoms with E-state index in [-0.39, 0.29) is 5.91 Å². The Kier molecular flexibility index (Phi) is 8.73. The summed E-state index contributed by atoms with van der Waals surface area (Å²) in [4.78, 5) is 20.4. The van der Waals surface area contributed by atoms with Gasteiger partial charge in [-0.2, -0.15) is 0 Å². The van der Waals surface area contributed by atoms with Crippen molar-refractivity contribution in [1.29, 1.82) is 0 Å². The molecule has 0 bridgehead atoms. The van der Waals surface area contributed by atoms with Crippen molar-refractivity contribution in [2.24, 2.45) is 10.9 Å². The standard InChI is InChI=1S/C29H29ClN2O3S/c1-4-34-26-16-22(10-15-25(26)35-19-21-8-6-5-7-9-21)17-27-28(33)32(18-20(2)3)29(36-27)31-24-13-11-23(30)12-14-24/h5-17,20H,4,18-19H2,1-3H3/b27-17-,31-29?. The van der Waals surface area contributed by atoms with E-state index in [9.17, 15) is 4.79 Å². The van der Waals surface area contributed by atoms with Gasteiger partial charge in [-0.25, -0.2) is 4.99 Å². The number of halogens is 1. The lowest BCUT2D eigenvalue weighted by molar-refractivity contribution is -0.122. The number of aliphatic imine (C=N–C) groups is 1. The molecule has 0 saturated carbocycles. The maximum Gasteiger partial charge on any atom is 0.266 e. The normalized spacial score (nSPS) is 15.8. The number of nitrogens with zero attached hydrogens (tertiary/aromatic N) is 2. The van der Waals surface area contributed by atoms with Crippen LogP contribution in [0.3, 0.4) is 0 Å². The fourth-order valence-corrected chi connectivity index (χ4v) is 4.77. The molecular weight excluding hydrogens is 492 g/mol. The number of amides is 1. The van der Waals surface area contributed by atoms with Crippen molar-refractivity contribution in [2.75, 3.05) is 13.2 Å². The molecule has 4 rings (SSSR count). The Bertz CT molecular complexity index is 1260. The van der Waals surface area contributed by atoms with Gasteiger partial charge in [0.25, 0.3) is 5.91 Å². The van der Waals surface area contributed by atoms with Gasteiger partial charge in [0.2, 0.25) is 0 Å². The van der Waals surface area contributed by atoms with Crippen molar-refractivity contribution in [1.82, 2.24) is 4.90 Å². The maximum atomic E-state index is 13.3. The van der Waals surface area contributed by atoms with Gasteiger partial charge in [-0.3, -0.25) is 9.69 Å². The summed E-state index contributed by atoms with van der Waals surface area (Å²) in [5.41, 5.74) is 2.69. The molecule has 7 heteroatoms. The topological polar surface area (TPSA) is 51.1 Å². The number of carbonyl (C=O) groups excluding carboxylic acids is 1. The SMILES string of the molecule is CCOc1cc(/C=C2\SC(=Nc3ccc(Cl)cc3)N(CC(C)C)C2=O)ccc1OCc1ccccc1.